The van der Waals surface area contributed by atoms with Crippen LogP contribution in [0.15, 0.2) is 23.3 Å². The smallest absolute Gasteiger partial charge is 0.354 e. The molecule has 37 heavy (non-hydrogen) atoms. The minimum atomic E-state index is -4.40. The summed E-state index contributed by atoms with van der Waals surface area (Å²) in [4.78, 5) is 25.3. The summed E-state index contributed by atoms with van der Waals surface area (Å²) in [6.45, 7) is 6.25. The molecular weight excluding hydrogens is 483 g/mol. The van der Waals surface area contributed by atoms with Crippen LogP contribution in [0.25, 0.3) is 0 Å². The van der Waals surface area contributed by atoms with Gasteiger partial charge >= 0.3 is 6.18 Å². The molecule has 0 aromatic carbocycles. The Kier molecular flexibility index (Phi) is 6.81. The Balaban J connectivity index is 1.24. The number of aromatic nitrogens is 1. The molecule has 1 aromatic heterocycles. The number of carbonyl (C=O) groups is 1. The number of carbonyl (C=O) groups excluding carboxylic acids is 1. The standard InChI is InChI=1S/C26H34F3N7O/c1-16(35-5-7-36(8-6-35)22-4-3-21(14-31-22)26(27,28)29)24(32-15-30)33-23-19-9-18-10-20(23)13-25(11-18,12-19)34-17(2)37/h3-4,14,16,18-20,23H,5-13H2,1-2H3,(H,32,33)(H,34,37). The van der Waals surface area contributed by atoms with E-state index in [0.29, 0.717) is 55.6 Å². The zero-order chi connectivity index (χ0) is 26.4. The van der Waals surface area contributed by atoms with E-state index < -0.39 is 11.7 Å². The molecule has 0 radical (unpaired) electrons. The van der Waals surface area contributed by atoms with E-state index in [1.807, 2.05) is 11.8 Å². The molecule has 4 saturated carbocycles. The Morgan fingerprint density at radius 1 is 1.19 bits per heavy atom. The van der Waals surface area contributed by atoms with E-state index in [1.165, 1.54) is 6.07 Å². The highest BCUT2D eigenvalue weighted by molar-refractivity contribution is 5.88. The van der Waals surface area contributed by atoms with E-state index >= 15 is 0 Å². The molecule has 3 unspecified atom stereocenters. The molecule has 11 heteroatoms. The predicted octanol–water partition coefficient (Wildman–Crippen LogP) is 3.16. The number of halogens is 3. The molecular formula is C26H34F3N7O. The highest BCUT2D eigenvalue weighted by atomic mass is 19.4. The van der Waals surface area contributed by atoms with Crippen LogP contribution in [0.2, 0.25) is 0 Å². The van der Waals surface area contributed by atoms with Crippen LogP contribution in [0.4, 0.5) is 19.0 Å². The molecule has 2 N–H and O–H groups in total. The first-order valence-electron chi connectivity index (χ1n) is 13.1. The van der Waals surface area contributed by atoms with Gasteiger partial charge in [-0.15, -0.1) is 0 Å². The average Bonchev–Trinajstić information content (AvgIpc) is 2.83. The molecule has 2 heterocycles. The van der Waals surface area contributed by atoms with E-state index in [1.54, 1.807) is 6.92 Å². The monoisotopic (exact) mass is 517 g/mol. The minimum absolute atomic E-state index is 0.0353. The summed E-state index contributed by atoms with van der Waals surface area (Å²) in [5, 5.41) is 15.6. The van der Waals surface area contributed by atoms with Crippen molar-refractivity contribution in [2.24, 2.45) is 22.7 Å². The van der Waals surface area contributed by atoms with E-state index in [4.69, 9.17) is 4.99 Å². The summed E-state index contributed by atoms with van der Waals surface area (Å²) >= 11 is 0. The van der Waals surface area contributed by atoms with Crippen LogP contribution in [-0.4, -0.2) is 65.4 Å². The lowest BCUT2D eigenvalue weighted by Gasteiger charge is -2.59. The SMILES string of the molecule is CC(=O)NC12CC3CC(C1)C(N=C(NC#N)C(C)N1CCN(c4ccc(C(F)(F)F)cn4)CC1)C(C3)C2. The molecule has 8 nitrogen and oxygen atoms in total. The first-order chi connectivity index (χ1) is 17.6. The van der Waals surface area contributed by atoms with Gasteiger partial charge in [-0.2, -0.15) is 18.4 Å². The largest absolute Gasteiger partial charge is 0.417 e. The van der Waals surface area contributed by atoms with E-state index in [9.17, 15) is 23.2 Å². The van der Waals surface area contributed by atoms with Crippen LogP contribution >= 0.6 is 0 Å². The minimum Gasteiger partial charge on any atom is -0.354 e. The van der Waals surface area contributed by atoms with Crippen LogP contribution in [0.3, 0.4) is 0 Å². The first kappa shape index (κ1) is 25.8. The molecule has 5 fully saturated rings. The van der Waals surface area contributed by atoms with E-state index in [2.05, 4.69) is 26.7 Å². The number of anilines is 1. The van der Waals surface area contributed by atoms with Gasteiger partial charge in [-0.25, -0.2) is 4.98 Å². The third-order valence-corrected chi connectivity index (χ3v) is 8.79. The van der Waals surface area contributed by atoms with Crippen molar-refractivity contribution in [2.75, 3.05) is 31.1 Å². The number of rotatable bonds is 5. The van der Waals surface area contributed by atoms with Crippen molar-refractivity contribution < 1.29 is 18.0 Å². The molecule has 1 saturated heterocycles. The number of amides is 1. The molecule has 1 aromatic rings. The number of hydrogen-bond acceptors (Lipinski definition) is 6. The molecule has 1 amide bonds. The predicted molar refractivity (Wildman–Crippen MR) is 133 cm³/mol. The first-order valence-corrected chi connectivity index (χ1v) is 13.1. The number of nitrogens with one attached hydrogen (secondary N) is 2. The van der Waals surface area contributed by atoms with Gasteiger partial charge in [0.1, 0.15) is 11.7 Å². The van der Waals surface area contributed by atoms with E-state index in [-0.39, 0.29) is 23.5 Å². The average molecular weight is 518 g/mol. The number of alkyl halides is 3. The van der Waals surface area contributed by atoms with Crippen LogP contribution in [0.1, 0.15) is 51.5 Å². The Labute approximate surface area is 215 Å². The van der Waals surface area contributed by atoms with Gasteiger partial charge in [0.2, 0.25) is 5.91 Å². The maximum Gasteiger partial charge on any atom is 0.417 e. The summed E-state index contributed by atoms with van der Waals surface area (Å²) in [6, 6.07) is 2.55. The van der Waals surface area contributed by atoms with Gasteiger partial charge in [0.15, 0.2) is 6.19 Å². The number of nitriles is 1. The van der Waals surface area contributed by atoms with Gasteiger partial charge < -0.3 is 10.2 Å². The van der Waals surface area contributed by atoms with Crippen molar-refractivity contribution in [3.63, 3.8) is 0 Å². The van der Waals surface area contributed by atoms with Crippen LogP contribution in [0, 0.1) is 29.2 Å². The van der Waals surface area contributed by atoms with Gasteiger partial charge in [-0.05, 0) is 68.9 Å². The summed E-state index contributed by atoms with van der Waals surface area (Å²) < 4.78 is 38.6. The second-order valence-corrected chi connectivity index (χ2v) is 11.3. The second-order valence-electron chi connectivity index (χ2n) is 11.3. The van der Waals surface area contributed by atoms with Crippen molar-refractivity contribution in [3.05, 3.63) is 23.9 Å². The van der Waals surface area contributed by atoms with Gasteiger partial charge in [0.25, 0.3) is 0 Å². The van der Waals surface area contributed by atoms with Crippen molar-refractivity contribution in [1.29, 1.82) is 5.26 Å². The highest BCUT2D eigenvalue weighted by Crippen LogP contribution is 2.56. The Morgan fingerprint density at radius 3 is 2.41 bits per heavy atom. The molecule has 5 aliphatic rings. The zero-order valence-electron chi connectivity index (χ0n) is 21.3. The van der Waals surface area contributed by atoms with Crippen molar-refractivity contribution in [2.45, 2.75) is 69.8 Å². The van der Waals surface area contributed by atoms with Crippen LogP contribution in [0.5, 0.6) is 0 Å². The maximum atomic E-state index is 12.9. The van der Waals surface area contributed by atoms with Crippen LogP contribution < -0.4 is 15.5 Å². The maximum absolute atomic E-state index is 12.9. The fourth-order valence-corrected chi connectivity index (χ4v) is 7.45. The van der Waals surface area contributed by atoms with Crippen LogP contribution in [-0.2, 0) is 11.0 Å². The molecule has 200 valence electrons. The molecule has 6 rings (SSSR count). The summed E-state index contributed by atoms with van der Waals surface area (Å²) in [5.41, 5.74) is -0.842. The number of nitrogens with zero attached hydrogens (tertiary/aromatic N) is 5. The quantitative estimate of drug-likeness (QED) is 0.270. The Hall–Kier alpha value is -2.87. The number of pyridine rings is 1. The number of hydrogen-bond donors (Lipinski definition) is 2. The Morgan fingerprint density at radius 2 is 1.86 bits per heavy atom. The summed E-state index contributed by atoms with van der Waals surface area (Å²) in [7, 11) is 0. The third kappa shape index (κ3) is 5.26. The lowest BCUT2D eigenvalue weighted by molar-refractivity contribution is -0.137. The fraction of sp³-hybridized carbons (Fsp3) is 0.692. The molecule has 1 aliphatic heterocycles. The Bertz CT molecular complexity index is 1060. The number of piperazine rings is 1. The highest BCUT2D eigenvalue weighted by Gasteiger charge is 2.56. The topological polar surface area (TPSA) is 96.6 Å². The van der Waals surface area contributed by atoms with Gasteiger partial charge in [-0.3, -0.25) is 20.0 Å². The van der Waals surface area contributed by atoms with Crippen molar-refractivity contribution in [3.8, 4) is 6.19 Å². The lowest BCUT2D eigenvalue weighted by Crippen LogP contribution is -2.63. The molecule has 3 atom stereocenters. The molecule has 0 spiro atoms. The van der Waals surface area contributed by atoms with Gasteiger partial charge in [0.05, 0.1) is 17.6 Å². The molecule has 4 bridgehead atoms. The van der Waals surface area contributed by atoms with Gasteiger partial charge in [0, 0.05) is 44.8 Å². The van der Waals surface area contributed by atoms with Gasteiger partial charge in [-0.1, -0.05) is 0 Å². The third-order valence-electron chi connectivity index (χ3n) is 8.79. The van der Waals surface area contributed by atoms with Crippen molar-refractivity contribution in [1.82, 2.24) is 20.5 Å². The lowest BCUT2D eigenvalue weighted by atomic mass is 9.51. The number of aliphatic imine (C=N–C) groups is 1. The fourth-order valence-electron chi connectivity index (χ4n) is 7.45. The zero-order valence-corrected chi connectivity index (χ0v) is 21.3. The van der Waals surface area contributed by atoms with Crippen molar-refractivity contribution >= 4 is 17.6 Å². The summed E-state index contributed by atoms with van der Waals surface area (Å²) in [5.74, 6) is 2.69. The number of amidine groups is 1. The van der Waals surface area contributed by atoms with E-state index in [0.717, 1.165) is 44.4 Å². The molecule has 4 aliphatic carbocycles. The normalized spacial score (nSPS) is 32.6. The second kappa shape index (κ2) is 9.78. The summed E-state index contributed by atoms with van der Waals surface area (Å²) in [6.07, 6.45) is 3.76.